The van der Waals surface area contributed by atoms with Crippen molar-refractivity contribution in [3.05, 3.63) is 258 Å². The summed E-state index contributed by atoms with van der Waals surface area (Å²) in [5, 5.41) is 2.60. The van der Waals surface area contributed by atoms with Gasteiger partial charge in [-0.2, -0.15) is 0 Å². The molecule has 0 radical (unpaired) electrons. The minimum Gasteiger partial charge on any atom is -0.310 e. The largest absolute Gasteiger partial charge is 0.310 e. The minimum atomic E-state index is -0.595. The second-order valence-electron chi connectivity index (χ2n) is 18.0. The first-order valence-corrected chi connectivity index (χ1v) is 22.2. The molecule has 1 heteroatoms. The summed E-state index contributed by atoms with van der Waals surface area (Å²) < 4.78 is 0. The zero-order chi connectivity index (χ0) is 41.9. The number of fused-ring (bicyclic) bond motifs is 12. The summed E-state index contributed by atoms with van der Waals surface area (Å²) in [6.07, 6.45) is 0. The van der Waals surface area contributed by atoms with E-state index in [1.54, 1.807) is 0 Å². The molecule has 0 N–H and O–H groups in total. The summed E-state index contributed by atoms with van der Waals surface area (Å²) in [7, 11) is 0. The van der Waals surface area contributed by atoms with E-state index in [1.807, 2.05) is 0 Å². The Bertz CT molecular complexity index is 3470. The van der Waals surface area contributed by atoms with Gasteiger partial charge in [-0.05, 0) is 136 Å². The van der Waals surface area contributed by atoms with Crippen molar-refractivity contribution in [2.45, 2.75) is 24.7 Å². The molecule has 10 aromatic carbocycles. The summed E-state index contributed by atoms with van der Waals surface area (Å²) >= 11 is 0. The van der Waals surface area contributed by atoms with Crippen LogP contribution in [0.5, 0.6) is 0 Å². The van der Waals surface area contributed by atoms with Gasteiger partial charge < -0.3 is 4.90 Å². The molecule has 63 heavy (non-hydrogen) atoms. The lowest BCUT2D eigenvalue weighted by Crippen LogP contribution is -2.32. The van der Waals surface area contributed by atoms with Crippen molar-refractivity contribution in [3.63, 3.8) is 0 Å². The van der Waals surface area contributed by atoms with Gasteiger partial charge in [-0.15, -0.1) is 0 Å². The molecular weight excluding hydrogens is 759 g/mol. The highest BCUT2D eigenvalue weighted by Gasteiger charge is 2.51. The van der Waals surface area contributed by atoms with Gasteiger partial charge in [0, 0.05) is 22.5 Å². The lowest BCUT2D eigenvalue weighted by molar-refractivity contribution is 0.660. The number of benzene rings is 10. The van der Waals surface area contributed by atoms with E-state index in [4.69, 9.17) is 0 Å². The van der Waals surface area contributed by atoms with Gasteiger partial charge in [-0.3, -0.25) is 0 Å². The molecule has 0 saturated carbocycles. The van der Waals surface area contributed by atoms with Crippen molar-refractivity contribution in [3.8, 4) is 55.6 Å². The summed E-state index contributed by atoms with van der Waals surface area (Å²) in [6, 6.07) is 84.2. The maximum absolute atomic E-state index is 2.53. The molecule has 0 aliphatic heterocycles. The van der Waals surface area contributed by atoms with E-state index in [-0.39, 0.29) is 5.41 Å². The molecule has 13 rings (SSSR count). The number of hydrogen-bond donors (Lipinski definition) is 0. The van der Waals surface area contributed by atoms with Crippen molar-refractivity contribution in [1.82, 2.24) is 0 Å². The third-order valence-electron chi connectivity index (χ3n) is 14.5. The molecule has 0 bridgehead atoms. The summed E-state index contributed by atoms with van der Waals surface area (Å²) in [4.78, 5) is 2.49. The molecule has 0 saturated heterocycles. The standard InChI is InChI=1S/C62H43N/c1-61(2)54-25-12-9-21-48(54)51-36-33-45(38-57(51)61)63(44-31-28-41(29-32-44)40-16-5-3-6-17-40)46-34-37-52-49-22-10-13-26-55(49)62(58(52)39-46)56-27-14-11-23-50(56)53-24-15-20-43-30-35-47(60(62)59(43)53)42-18-7-4-8-19-42/h3-39H,1-2H3. The predicted molar refractivity (Wildman–Crippen MR) is 263 cm³/mol. The average molecular weight is 802 g/mol. The number of anilines is 3. The highest BCUT2D eigenvalue weighted by Crippen LogP contribution is 2.64. The first-order chi connectivity index (χ1) is 31.0. The zero-order valence-corrected chi connectivity index (χ0v) is 35.3. The van der Waals surface area contributed by atoms with E-state index >= 15 is 0 Å². The van der Waals surface area contributed by atoms with Gasteiger partial charge in [0.1, 0.15) is 0 Å². The molecule has 0 amide bonds. The molecule has 0 aromatic heterocycles. The van der Waals surface area contributed by atoms with Gasteiger partial charge in [0.2, 0.25) is 0 Å². The van der Waals surface area contributed by atoms with E-state index in [9.17, 15) is 0 Å². The molecule has 3 aliphatic rings. The van der Waals surface area contributed by atoms with E-state index in [2.05, 4.69) is 243 Å². The molecule has 1 spiro atoms. The van der Waals surface area contributed by atoms with Crippen LogP contribution in [0, 0.1) is 0 Å². The van der Waals surface area contributed by atoms with E-state index in [0.29, 0.717) is 0 Å². The molecule has 10 aromatic rings. The smallest absolute Gasteiger partial charge is 0.0732 e. The first kappa shape index (κ1) is 36.0. The van der Waals surface area contributed by atoms with Crippen molar-refractivity contribution >= 4 is 27.8 Å². The van der Waals surface area contributed by atoms with Crippen LogP contribution < -0.4 is 4.90 Å². The Kier molecular flexibility index (Phi) is 7.64. The average Bonchev–Trinajstić information content (AvgIpc) is 3.76. The molecular formula is C62H43N. The van der Waals surface area contributed by atoms with Crippen LogP contribution >= 0.6 is 0 Å². The summed E-state index contributed by atoms with van der Waals surface area (Å²) in [5.41, 5.74) is 23.5. The van der Waals surface area contributed by atoms with Crippen LogP contribution in [-0.4, -0.2) is 0 Å². The van der Waals surface area contributed by atoms with Crippen LogP contribution in [0.2, 0.25) is 0 Å². The van der Waals surface area contributed by atoms with Gasteiger partial charge in [-0.25, -0.2) is 0 Å². The topological polar surface area (TPSA) is 3.24 Å². The van der Waals surface area contributed by atoms with E-state index < -0.39 is 5.41 Å². The fourth-order valence-corrected chi connectivity index (χ4v) is 11.7. The van der Waals surface area contributed by atoms with Crippen LogP contribution in [0.3, 0.4) is 0 Å². The maximum Gasteiger partial charge on any atom is 0.0732 e. The van der Waals surface area contributed by atoms with Gasteiger partial charge >= 0.3 is 0 Å². The summed E-state index contributed by atoms with van der Waals surface area (Å²) in [6.45, 7) is 4.75. The van der Waals surface area contributed by atoms with Crippen molar-refractivity contribution in [2.24, 2.45) is 0 Å². The van der Waals surface area contributed by atoms with Gasteiger partial charge in [-0.1, -0.05) is 202 Å². The van der Waals surface area contributed by atoms with Crippen LogP contribution in [0.25, 0.3) is 66.4 Å². The predicted octanol–water partition coefficient (Wildman–Crippen LogP) is 16.3. The lowest BCUT2D eigenvalue weighted by Gasteiger charge is -2.41. The Hall–Kier alpha value is -7.74. The zero-order valence-electron chi connectivity index (χ0n) is 35.3. The fraction of sp³-hybridized carbons (Fsp3) is 0.0645. The Labute approximate surface area is 369 Å². The first-order valence-electron chi connectivity index (χ1n) is 22.2. The number of hydrogen-bond acceptors (Lipinski definition) is 1. The normalized spacial score (nSPS) is 15.7. The van der Waals surface area contributed by atoms with Crippen molar-refractivity contribution in [2.75, 3.05) is 4.90 Å². The monoisotopic (exact) mass is 801 g/mol. The van der Waals surface area contributed by atoms with Crippen LogP contribution in [0.1, 0.15) is 47.2 Å². The van der Waals surface area contributed by atoms with Gasteiger partial charge in [0.25, 0.3) is 0 Å². The Morgan fingerprint density at radius 2 is 0.762 bits per heavy atom. The molecule has 0 heterocycles. The maximum atomic E-state index is 2.53. The van der Waals surface area contributed by atoms with E-state index in [1.165, 1.54) is 99.8 Å². The molecule has 1 atom stereocenters. The molecule has 1 nitrogen and oxygen atoms in total. The molecule has 3 aliphatic carbocycles. The van der Waals surface area contributed by atoms with Gasteiger partial charge in [0.15, 0.2) is 0 Å². The molecule has 1 unspecified atom stereocenters. The third-order valence-corrected chi connectivity index (χ3v) is 14.5. The quantitative estimate of drug-likeness (QED) is 0.168. The fourth-order valence-electron chi connectivity index (χ4n) is 11.7. The minimum absolute atomic E-state index is 0.139. The second-order valence-corrected chi connectivity index (χ2v) is 18.0. The lowest BCUT2D eigenvalue weighted by atomic mass is 9.60. The Morgan fingerprint density at radius 1 is 0.302 bits per heavy atom. The second kappa shape index (κ2) is 13.4. The SMILES string of the molecule is CC1(C)c2ccccc2-c2ccc(N(c3ccc(-c4ccccc4)cc3)c3ccc4c(c3)C3(c5ccccc5-4)c4ccccc4-c4cccc5ccc(-c6ccccc6)c3c45)cc21. The highest BCUT2D eigenvalue weighted by molar-refractivity contribution is 6.10. The third kappa shape index (κ3) is 4.99. The van der Waals surface area contributed by atoms with E-state index in [0.717, 1.165) is 17.1 Å². The van der Waals surface area contributed by atoms with Crippen LogP contribution in [-0.2, 0) is 10.8 Å². The molecule has 0 fully saturated rings. The Morgan fingerprint density at radius 3 is 1.43 bits per heavy atom. The Balaban J connectivity index is 1.10. The number of nitrogens with zero attached hydrogens (tertiary/aromatic N) is 1. The number of rotatable bonds is 5. The highest BCUT2D eigenvalue weighted by atomic mass is 15.1. The molecule has 296 valence electrons. The van der Waals surface area contributed by atoms with Crippen LogP contribution in [0.15, 0.2) is 224 Å². The van der Waals surface area contributed by atoms with Crippen LogP contribution in [0.4, 0.5) is 17.1 Å². The summed E-state index contributed by atoms with van der Waals surface area (Å²) in [5.74, 6) is 0. The van der Waals surface area contributed by atoms with Crippen molar-refractivity contribution in [1.29, 1.82) is 0 Å². The van der Waals surface area contributed by atoms with Gasteiger partial charge in [0.05, 0.1) is 5.41 Å². The van der Waals surface area contributed by atoms with Crippen molar-refractivity contribution < 1.29 is 0 Å².